The number of hydrogen-bond acceptors (Lipinski definition) is 3. The number of fused-ring (bicyclic) bond motifs is 1. The summed E-state index contributed by atoms with van der Waals surface area (Å²) in [7, 11) is 0. The van der Waals surface area contributed by atoms with Crippen LogP contribution in [-0.2, 0) is 12.8 Å². The van der Waals surface area contributed by atoms with Gasteiger partial charge in [0.2, 0.25) is 0 Å². The van der Waals surface area contributed by atoms with Crippen LogP contribution in [0.4, 0.5) is 0 Å². The zero-order valence-electron chi connectivity index (χ0n) is 8.21. The lowest BCUT2D eigenvalue weighted by Gasteiger charge is -2.15. The lowest BCUT2D eigenvalue weighted by Crippen LogP contribution is -2.10. The van der Waals surface area contributed by atoms with E-state index >= 15 is 0 Å². The average molecular weight is 196 g/mol. The Hall–Kier alpha value is -0.410. The van der Waals surface area contributed by atoms with Gasteiger partial charge in [-0.2, -0.15) is 0 Å². The van der Waals surface area contributed by atoms with Crippen LogP contribution in [-0.4, -0.2) is 4.98 Å². The Morgan fingerprint density at radius 3 is 3.08 bits per heavy atom. The Kier molecular flexibility index (Phi) is 2.39. The van der Waals surface area contributed by atoms with E-state index in [0.29, 0.717) is 0 Å². The van der Waals surface area contributed by atoms with Crippen LogP contribution in [0.25, 0.3) is 0 Å². The van der Waals surface area contributed by atoms with Gasteiger partial charge in [0.05, 0.1) is 11.7 Å². The lowest BCUT2D eigenvalue weighted by molar-refractivity contribution is 0.498. The summed E-state index contributed by atoms with van der Waals surface area (Å²) >= 11 is 1.81. The molecule has 1 heterocycles. The Morgan fingerprint density at radius 1 is 1.62 bits per heavy atom. The molecule has 2 N–H and O–H groups in total. The highest BCUT2D eigenvalue weighted by atomic mass is 32.1. The van der Waals surface area contributed by atoms with E-state index in [9.17, 15) is 0 Å². The zero-order valence-corrected chi connectivity index (χ0v) is 9.03. The van der Waals surface area contributed by atoms with Crippen molar-refractivity contribution in [1.82, 2.24) is 4.98 Å². The van der Waals surface area contributed by atoms with Crippen LogP contribution in [0.2, 0.25) is 0 Å². The Labute approximate surface area is 83.2 Å². The SMILES string of the molecule is CC1CCc2sc(C(C)N)nc2C1. The van der Waals surface area contributed by atoms with E-state index in [2.05, 4.69) is 11.9 Å². The molecular weight excluding hydrogens is 180 g/mol. The molecule has 0 bridgehead atoms. The molecule has 2 atom stereocenters. The molecule has 2 unspecified atom stereocenters. The number of nitrogens with zero attached hydrogens (tertiary/aromatic N) is 1. The van der Waals surface area contributed by atoms with Crippen molar-refractivity contribution in [3.63, 3.8) is 0 Å². The first-order valence-corrected chi connectivity index (χ1v) is 5.72. The van der Waals surface area contributed by atoms with Gasteiger partial charge in [0.15, 0.2) is 0 Å². The normalized spacial score (nSPS) is 24.1. The Morgan fingerprint density at radius 2 is 2.38 bits per heavy atom. The van der Waals surface area contributed by atoms with Gasteiger partial charge in [-0.15, -0.1) is 11.3 Å². The van der Waals surface area contributed by atoms with Crippen LogP contribution in [0.15, 0.2) is 0 Å². The predicted octanol–water partition coefficient (Wildman–Crippen LogP) is 2.29. The maximum atomic E-state index is 5.81. The van der Waals surface area contributed by atoms with E-state index in [1.165, 1.54) is 23.4 Å². The molecule has 2 rings (SSSR count). The van der Waals surface area contributed by atoms with Gasteiger partial charge >= 0.3 is 0 Å². The van der Waals surface area contributed by atoms with Gasteiger partial charge in [-0.05, 0) is 32.1 Å². The van der Waals surface area contributed by atoms with Crippen LogP contribution >= 0.6 is 11.3 Å². The topological polar surface area (TPSA) is 38.9 Å². The van der Waals surface area contributed by atoms with Crippen molar-refractivity contribution in [3.8, 4) is 0 Å². The van der Waals surface area contributed by atoms with Gasteiger partial charge in [-0.1, -0.05) is 6.92 Å². The molecule has 2 nitrogen and oxygen atoms in total. The monoisotopic (exact) mass is 196 g/mol. The molecule has 0 aliphatic heterocycles. The van der Waals surface area contributed by atoms with Crippen molar-refractivity contribution in [3.05, 3.63) is 15.6 Å². The molecule has 0 spiro atoms. The second-order valence-electron chi connectivity index (χ2n) is 4.06. The number of hydrogen-bond donors (Lipinski definition) is 1. The molecule has 1 aromatic rings. The highest BCUT2D eigenvalue weighted by Gasteiger charge is 2.20. The Balaban J connectivity index is 2.28. The number of thiazole rings is 1. The van der Waals surface area contributed by atoms with E-state index in [1.54, 1.807) is 0 Å². The highest BCUT2D eigenvalue weighted by molar-refractivity contribution is 7.11. The highest BCUT2D eigenvalue weighted by Crippen LogP contribution is 2.31. The van der Waals surface area contributed by atoms with Gasteiger partial charge in [-0.3, -0.25) is 0 Å². The number of aryl methyl sites for hydroxylation is 1. The first-order valence-electron chi connectivity index (χ1n) is 4.91. The standard InChI is InChI=1S/C10H16N2S/c1-6-3-4-9-8(5-6)12-10(13-9)7(2)11/h6-7H,3-5,11H2,1-2H3. The smallest absolute Gasteiger partial charge is 0.110 e. The van der Waals surface area contributed by atoms with Crippen LogP contribution in [0, 0.1) is 5.92 Å². The molecule has 1 aromatic heterocycles. The van der Waals surface area contributed by atoms with E-state index in [0.717, 1.165) is 17.3 Å². The molecule has 72 valence electrons. The van der Waals surface area contributed by atoms with Gasteiger partial charge in [0, 0.05) is 4.88 Å². The first kappa shape index (κ1) is 9.16. The summed E-state index contributed by atoms with van der Waals surface area (Å²) in [6.45, 7) is 4.31. The van der Waals surface area contributed by atoms with Gasteiger partial charge in [-0.25, -0.2) is 4.98 Å². The quantitative estimate of drug-likeness (QED) is 0.748. The van der Waals surface area contributed by atoms with E-state index in [1.807, 2.05) is 18.3 Å². The third-order valence-corrected chi connectivity index (χ3v) is 3.95. The minimum Gasteiger partial charge on any atom is -0.322 e. The maximum Gasteiger partial charge on any atom is 0.110 e. The molecule has 0 saturated heterocycles. The van der Waals surface area contributed by atoms with Crippen LogP contribution in [0.1, 0.15) is 41.9 Å². The summed E-state index contributed by atoms with van der Waals surface area (Å²) in [6.07, 6.45) is 3.67. The summed E-state index contributed by atoms with van der Waals surface area (Å²) in [5.41, 5.74) is 7.12. The third kappa shape index (κ3) is 1.76. The van der Waals surface area contributed by atoms with Crippen LogP contribution in [0.5, 0.6) is 0 Å². The second-order valence-corrected chi connectivity index (χ2v) is 5.17. The molecule has 1 aliphatic rings. The third-order valence-electron chi connectivity index (χ3n) is 2.59. The minimum absolute atomic E-state index is 0.103. The largest absolute Gasteiger partial charge is 0.322 e. The molecule has 0 fully saturated rings. The van der Waals surface area contributed by atoms with Gasteiger partial charge in [0.25, 0.3) is 0 Å². The van der Waals surface area contributed by atoms with Gasteiger partial charge in [0.1, 0.15) is 5.01 Å². The molecule has 0 saturated carbocycles. The predicted molar refractivity (Wildman–Crippen MR) is 55.9 cm³/mol. The van der Waals surface area contributed by atoms with Crippen molar-refractivity contribution in [1.29, 1.82) is 0 Å². The molecule has 3 heteroatoms. The number of rotatable bonds is 1. The molecule has 0 amide bonds. The molecule has 0 radical (unpaired) electrons. The summed E-state index contributed by atoms with van der Waals surface area (Å²) in [5, 5.41) is 1.11. The number of aromatic nitrogens is 1. The lowest BCUT2D eigenvalue weighted by atomic mass is 9.93. The van der Waals surface area contributed by atoms with Crippen molar-refractivity contribution >= 4 is 11.3 Å². The summed E-state index contributed by atoms with van der Waals surface area (Å²) in [4.78, 5) is 6.07. The minimum atomic E-state index is 0.103. The van der Waals surface area contributed by atoms with E-state index in [-0.39, 0.29) is 6.04 Å². The second kappa shape index (κ2) is 3.39. The van der Waals surface area contributed by atoms with E-state index < -0.39 is 0 Å². The summed E-state index contributed by atoms with van der Waals surface area (Å²) in [5.74, 6) is 0.801. The summed E-state index contributed by atoms with van der Waals surface area (Å²) in [6, 6.07) is 0.103. The fourth-order valence-electron chi connectivity index (χ4n) is 1.76. The van der Waals surface area contributed by atoms with Crippen molar-refractivity contribution in [2.24, 2.45) is 11.7 Å². The van der Waals surface area contributed by atoms with Gasteiger partial charge < -0.3 is 5.73 Å². The van der Waals surface area contributed by atoms with E-state index in [4.69, 9.17) is 5.73 Å². The molecular formula is C10H16N2S. The fourth-order valence-corrected chi connectivity index (χ4v) is 2.82. The van der Waals surface area contributed by atoms with Crippen LogP contribution in [0.3, 0.4) is 0 Å². The van der Waals surface area contributed by atoms with Crippen molar-refractivity contribution in [2.75, 3.05) is 0 Å². The fraction of sp³-hybridized carbons (Fsp3) is 0.700. The summed E-state index contributed by atoms with van der Waals surface area (Å²) < 4.78 is 0. The maximum absolute atomic E-state index is 5.81. The Bertz CT molecular complexity index is 304. The first-order chi connectivity index (χ1) is 6.16. The molecule has 0 aromatic carbocycles. The number of nitrogens with two attached hydrogens (primary N) is 1. The average Bonchev–Trinajstić information content (AvgIpc) is 2.46. The molecule has 13 heavy (non-hydrogen) atoms. The van der Waals surface area contributed by atoms with Crippen molar-refractivity contribution in [2.45, 2.75) is 39.2 Å². The molecule has 1 aliphatic carbocycles. The van der Waals surface area contributed by atoms with Crippen LogP contribution < -0.4 is 5.73 Å². The van der Waals surface area contributed by atoms with Crippen molar-refractivity contribution < 1.29 is 0 Å². The zero-order chi connectivity index (χ0) is 9.42.